The normalized spacial score (nSPS) is 20.1. The lowest BCUT2D eigenvalue weighted by molar-refractivity contribution is -0.136. The van der Waals surface area contributed by atoms with E-state index in [2.05, 4.69) is 10.1 Å². The van der Waals surface area contributed by atoms with Gasteiger partial charge in [0.1, 0.15) is 5.75 Å². The molecule has 3 heterocycles. The topological polar surface area (TPSA) is 126 Å². The summed E-state index contributed by atoms with van der Waals surface area (Å²) in [6.07, 6.45) is 0.902. The molecule has 2 atom stereocenters. The molecule has 1 aromatic carbocycles. The highest BCUT2D eigenvalue weighted by Crippen LogP contribution is 2.34. The van der Waals surface area contributed by atoms with Gasteiger partial charge in [-0.05, 0) is 36.6 Å². The van der Waals surface area contributed by atoms with E-state index in [9.17, 15) is 23.4 Å². The van der Waals surface area contributed by atoms with Crippen molar-refractivity contribution < 1.29 is 23.4 Å². The number of hydrogen-bond acceptors (Lipinski definition) is 6. The molecule has 158 valence electrons. The molecule has 10 heteroatoms. The first-order valence-corrected chi connectivity index (χ1v) is 11.0. The number of carboxylic acids is 1. The Kier molecular flexibility index (Phi) is 4.99. The van der Waals surface area contributed by atoms with Gasteiger partial charge in [-0.3, -0.25) is 9.48 Å². The Morgan fingerprint density at radius 1 is 1.23 bits per heavy atom. The average molecular weight is 430 g/mol. The maximum Gasteiger partial charge on any atom is 0.309 e. The van der Waals surface area contributed by atoms with Gasteiger partial charge in [0.15, 0.2) is 5.03 Å². The van der Waals surface area contributed by atoms with Crippen molar-refractivity contribution in [2.24, 2.45) is 5.92 Å². The molecular formula is C20H22N4O5S. The van der Waals surface area contributed by atoms with E-state index in [1.807, 2.05) is 32.0 Å². The van der Waals surface area contributed by atoms with E-state index >= 15 is 0 Å². The summed E-state index contributed by atoms with van der Waals surface area (Å²) in [5, 5.41) is 23.8. The molecule has 0 spiro atoms. The van der Waals surface area contributed by atoms with E-state index in [-0.39, 0.29) is 42.2 Å². The van der Waals surface area contributed by atoms with E-state index in [4.69, 9.17) is 0 Å². The van der Waals surface area contributed by atoms with Crippen LogP contribution >= 0.6 is 0 Å². The van der Waals surface area contributed by atoms with Crippen LogP contribution in [-0.4, -0.2) is 56.8 Å². The number of benzene rings is 1. The second kappa shape index (κ2) is 7.37. The average Bonchev–Trinajstić information content (AvgIpc) is 3.22. The first-order chi connectivity index (χ1) is 14.2. The van der Waals surface area contributed by atoms with E-state index < -0.39 is 16.0 Å². The maximum atomic E-state index is 13.0. The fourth-order valence-electron chi connectivity index (χ4n) is 3.92. The van der Waals surface area contributed by atoms with Gasteiger partial charge in [0.2, 0.25) is 0 Å². The molecule has 0 aliphatic carbocycles. The van der Waals surface area contributed by atoms with Gasteiger partial charge >= 0.3 is 5.97 Å². The van der Waals surface area contributed by atoms with Gasteiger partial charge in [-0.1, -0.05) is 19.1 Å². The molecule has 0 bridgehead atoms. The summed E-state index contributed by atoms with van der Waals surface area (Å²) < 4.78 is 29.2. The van der Waals surface area contributed by atoms with Crippen LogP contribution in [0.25, 0.3) is 10.9 Å². The Balaban J connectivity index is 1.72. The zero-order valence-corrected chi connectivity index (χ0v) is 17.4. The lowest BCUT2D eigenvalue weighted by Crippen LogP contribution is -2.30. The molecule has 0 unspecified atom stereocenters. The maximum absolute atomic E-state index is 13.0. The van der Waals surface area contributed by atoms with Crippen LogP contribution in [0.3, 0.4) is 0 Å². The minimum absolute atomic E-state index is 0.0434. The number of aromatic hydroxyl groups is 1. The van der Waals surface area contributed by atoms with Gasteiger partial charge in [-0.15, -0.1) is 0 Å². The van der Waals surface area contributed by atoms with Crippen molar-refractivity contribution in [2.45, 2.75) is 31.3 Å². The van der Waals surface area contributed by atoms with E-state index in [0.717, 1.165) is 22.7 Å². The molecule has 1 saturated heterocycles. The summed E-state index contributed by atoms with van der Waals surface area (Å²) in [5.74, 6) is -1.12. The third-order valence-corrected chi connectivity index (χ3v) is 7.18. The van der Waals surface area contributed by atoms with Crippen LogP contribution in [0.15, 0.2) is 41.6 Å². The molecular weight excluding hydrogens is 408 g/mol. The van der Waals surface area contributed by atoms with Gasteiger partial charge in [-0.2, -0.15) is 9.40 Å². The molecule has 4 rings (SSSR count). The second-order valence-corrected chi connectivity index (χ2v) is 9.59. The number of carboxylic acid groups (broad SMARTS) is 1. The van der Waals surface area contributed by atoms with E-state index in [1.54, 1.807) is 4.68 Å². The molecule has 3 aromatic rings. The molecule has 2 N–H and O–H groups in total. The van der Waals surface area contributed by atoms with Crippen LogP contribution in [0.1, 0.15) is 24.2 Å². The van der Waals surface area contributed by atoms with Crippen LogP contribution in [0, 0.1) is 12.8 Å². The molecule has 30 heavy (non-hydrogen) atoms. The molecule has 0 radical (unpaired) electrons. The number of aryl methyl sites for hydroxylation is 1. The second-order valence-electron chi connectivity index (χ2n) is 7.70. The molecule has 0 saturated carbocycles. The Hall–Kier alpha value is -2.98. The summed E-state index contributed by atoms with van der Waals surface area (Å²) in [5.41, 5.74) is 2.27. The monoisotopic (exact) mass is 430 g/mol. The SMILES string of the molecule is Cc1ccc2c(CC(=O)O)nn([C@H]3CN(S(=O)(=O)c4ccc(O)cn4)C[C@H]3C)c2c1. The van der Waals surface area contributed by atoms with Crippen molar-refractivity contribution in [3.63, 3.8) is 0 Å². The van der Waals surface area contributed by atoms with Crippen LogP contribution in [0.5, 0.6) is 5.75 Å². The largest absolute Gasteiger partial charge is 0.506 e. The number of nitrogens with zero attached hydrogens (tertiary/aromatic N) is 4. The van der Waals surface area contributed by atoms with Gasteiger partial charge in [-0.25, -0.2) is 13.4 Å². The summed E-state index contributed by atoms with van der Waals surface area (Å²) >= 11 is 0. The standard InChI is InChI=1S/C20H22N4O5S/c1-12-3-5-15-16(8-20(26)27)22-24(17(15)7-12)18-11-23(10-13(18)2)30(28,29)19-6-4-14(25)9-21-19/h3-7,9,13,18,25H,8,10-11H2,1-2H3,(H,26,27)/t13-,18+/m1/s1. The smallest absolute Gasteiger partial charge is 0.309 e. The number of pyridine rings is 1. The summed E-state index contributed by atoms with van der Waals surface area (Å²) in [6.45, 7) is 4.38. The first kappa shape index (κ1) is 20.3. The Labute approximate surface area is 173 Å². The van der Waals surface area contributed by atoms with Crippen molar-refractivity contribution >= 4 is 26.9 Å². The summed E-state index contributed by atoms with van der Waals surface area (Å²) in [6, 6.07) is 8.04. The fourth-order valence-corrected chi connectivity index (χ4v) is 5.39. The summed E-state index contributed by atoms with van der Waals surface area (Å²) in [4.78, 5) is 15.1. The Morgan fingerprint density at radius 2 is 2.00 bits per heavy atom. The Morgan fingerprint density at radius 3 is 2.67 bits per heavy atom. The molecule has 0 amide bonds. The number of aliphatic carboxylic acids is 1. The number of hydrogen-bond donors (Lipinski definition) is 2. The lowest BCUT2D eigenvalue weighted by atomic mass is 10.1. The molecule has 1 aliphatic rings. The minimum Gasteiger partial charge on any atom is -0.506 e. The van der Waals surface area contributed by atoms with Crippen molar-refractivity contribution in [1.82, 2.24) is 19.1 Å². The Bertz CT molecular complexity index is 1220. The predicted octanol–water partition coefficient (Wildman–Crippen LogP) is 1.95. The minimum atomic E-state index is -3.83. The zero-order valence-electron chi connectivity index (χ0n) is 16.6. The molecule has 2 aromatic heterocycles. The molecule has 9 nitrogen and oxygen atoms in total. The zero-order chi connectivity index (χ0) is 21.6. The van der Waals surface area contributed by atoms with E-state index in [1.165, 1.54) is 16.4 Å². The third kappa shape index (κ3) is 3.52. The fraction of sp³-hybridized carbons (Fsp3) is 0.350. The third-order valence-electron chi connectivity index (χ3n) is 5.44. The highest BCUT2D eigenvalue weighted by atomic mass is 32.2. The number of aromatic nitrogens is 3. The van der Waals surface area contributed by atoms with Gasteiger partial charge in [0, 0.05) is 18.5 Å². The first-order valence-electron chi connectivity index (χ1n) is 9.51. The van der Waals surface area contributed by atoms with Crippen LogP contribution in [-0.2, 0) is 21.2 Å². The van der Waals surface area contributed by atoms with Crippen molar-refractivity contribution in [3.05, 3.63) is 47.8 Å². The number of fused-ring (bicyclic) bond motifs is 1. The highest BCUT2D eigenvalue weighted by molar-refractivity contribution is 7.89. The van der Waals surface area contributed by atoms with Crippen LogP contribution in [0.4, 0.5) is 0 Å². The predicted molar refractivity (Wildman–Crippen MR) is 109 cm³/mol. The van der Waals surface area contributed by atoms with Gasteiger partial charge in [0.25, 0.3) is 10.0 Å². The van der Waals surface area contributed by atoms with Crippen LogP contribution < -0.4 is 0 Å². The molecule has 1 aliphatic heterocycles. The van der Waals surface area contributed by atoms with Crippen molar-refractivity contribution in [3.8, 4) is 5.75 Å². The number of carbonyl (C=O) groups is 1. The lowest BCUT2D eigenvalue weighted by Gasteiger charge is -2.17. The molecule has 1 fully saturated rings. The van der Waals surface area contributed by atoms with Crippen LogP contribution in [0.2, 0.25) is 0 Å². The van der Waals surface area contributed by atoms with Crippen molar-refractivity contribution in [2.75, 3.05) is 13.1 Å². The highest BCUT2D eigenvalue weighted by Gasteiger charge is 2.40. The van der Waals surface area contributed by atoms with Gasteiger partial charge < -0.3 is 10.2 Å². The quantitative estimate of drug-likeness (QED) is 0.634. The van der Waals surface area contributed by atoms with Crippen molar-refractivity contribution in [1.29, 1.82) is 0 Å². The van der Waals surface area contributed by atoms with Gasteiger partial charge in [0.05, 0.1) is 29.9 Å². The van der Waals surface area contributed by atoms with E-state index in [0.29, 0.717) is 5.69 Å². The summed E-state index contributed by atoms with van der Waals surface area (Å²) in [7, 11) is -3.83. The number of sulfonamides is 1. The number of rotatable bonds is 5.